The van der Waals surface area contributed by atoms with Crippen LogP contribution in [0, 0.1) is 12.3 Å². The van der Waals surface area contributed by atoms with Crippen molar-refractivity contribution in [1.29, 1.82) is 0 Å². The minimum absolute atomic E-state index is 0.344. The van der Waals surface area contributed by atoms with Gasteiger partial charge in [0, 0.05) is 37.0 Å². The first-order valence-electron chi connectivity index (χ1n) is 10.6. The van der Waals surface area contributed by atoms with Crippen LogP contribution in [0.15, 0.2) is 5.38 Å². The van der Waals surface area contributed by atoms with Gasteiger partial charge in [-0.2, -0.15) is 26.3 Å². The van der Waals surface area contributed by atoms with Crippen molar-refractivity contribution in [2.75, 3.05) is 45.9 Å². The molecule has 1 unspecified atom stereocenters. The highest BCUT2D eigenvalue weighted by Gasteiger charge is 2.41. The van der Waals surface area contributed by atoms with Crippen molar-refractivity contribution in [3.8, 4) is 0 Å². The van der Waals surface area contributed by atoms with Gasteiger partial charge in [-0.15, -0.1) is 11.3 Å². The minimum Gasteiger partial charge on any atom is -0.475 e. The summed E-state index contributed by atoms with van der Waals surface area (Å²) >= 11 is 1.75. The monoisotopic (exact) mass is 537 g/mol. The highest BCUT2D eigenvalue weighted by Crippen LogP contribution is 2.34. The highest BCUT2D eigenvalue weighted by atomic mass is 32.1. The van der Waals surface area contributed by atoms with Crippen LogP contribution >= 0.6 is 11.3 Å². The number of aliphatic carboxylic acids is 2. The molecule has 0 saturated carbocycles. The largest absolute Gasteiger partial charge is 0.490 e. The van der Waals surface area contributed by atoms with Crippen molar-refractivity contribution >= 4 is 23.3 Å². The summed E-state index contributed by atoms with van der Waals surface area (Å²) in [6.07, 6.45) is -7.67. The number of hydrogen-bond donors (Lipinski definition) is 2. The molecule has 1 spiro atoms. The highest BCUT2D eigenvalue weighted by molar-refractivity contribution is 7.09. The molecule has 3 rings (SSSR count). The first kappa shape index (κ1) is 31.1. The van der Waals surface area contributed by atoms with Crippen LogP contribution in [0.5, 0.6) is 0 Å². The van der Waals surface area contributed by atoms with E-state index in [2.05, 4.69) is 34.0 Å². The van der Waals surface area contributed by atoms with Gasteiger partial charge in [-0.05, 0) is 32.9 Å². The zero-order valence-corrected chi connectivity index (χ0v) is 20.1. The number of halogens is 6. The summed E-state index contributed by atoms with van der Waals surface area (Å²) in [7, 11) is 0. The number of aromatic nitrogens is 1. The number of thiazole rings is 1. The molecule has 15 heteroatoms. The maximum Gasteiger partial charge on any atom is 0.490 e. The van der Waals surface area contributed by atoms with Gasteiger partial charge in [-0.3, -0.25) is 4.90 Å². The number of carboxylic acid groups (broad SMARTS) is 2. The fraction of sp³-hybridized carbons (Fsp3) is 0.750. The lowest BCUT2D eigenvalue weighted by atomic mass is 9.87. The normalized spacial score (nSPS) is 21.5. The number of rotatable bonds is 4. The third-order valence-corrected chi connectivity index (χ3v) is 5.94. The Bertz CT molecular complexity index is 796. The number of aryl methyl sites for hydroxylation is 1. The van der Waals surface area contributed by atoms with E-state index in [1.165, 1.54) is 43.2 Å². The Labute approximate surface area is 202 Å². The summed E-state index contributed by atoms with van der Waals surface area (Å²) in [6.45, 7) is 13.0. The molecule has 3 heterocycles. The molecule has 2 saturated heterocycles. The number of carbonyl (C=O) groups is 2. The van der Waals surface area contributed by atoms with Gasteiger partial charge >= 0.3 is 24.3 Å². The van der Waals surface area contributed by atoms with Crippen molar-refractivity contribution in [1.82, 2.24) is 14.8 Å². The van der Waals surface area contributed by atoms with E-state index in [1.54, 1.807) is 11.3 Å². The number of alkyl halides is 6. The van der Waals surface area contributed by atoms with Crippen LogP contribution in [0.3, 0.4) is 0 Å². The zero-order chi connectivity index (χ0) is 26.9. The minimum atomic E-state index is -5.08. The van der Waals surface area contributed by atoms with E-state index in [0.717, 1.165) is 32.8 Å². The third-order valence-electron chi connectivity index (χ3n) is 5.11. The van der Waals surface area contributed by atoms with Gasteiger partial charge in [0.2, 0.25) is 0 Å². The zero-order valence-electron chi connectivity index (χ0n) is 19.3. The van der Waals surface area contributed by atoms with Gasteiger partial charge < -0.3 is 19.8 Å². The van der Waals surface area contributed by atoms with Gasteiger partial charge in [0.05, 0.1) is 23.9 Å². The molecule has 0 aliphatic carbocycles. The molecule has 2 aliphatic heterocycles. The molecule has 0 amide bonds. The van der Waals surface area contributed by atoms with E-state index < -0.39 is 24.3 Å². The Morgan fingerprint density at radius 2 is 1.63 bits per heavy atom. The molecular formula is C20H29F6N3O5S. The number of hydrogen-bond acceptors (Lipinski definition) is 7. The molecule has 2 fully saturated rings. The van der Waals surface area contributed by atoms with E-state index in [9.17, 15) is 26.3 Å². The molecule has 2 N–H and O–H groups in total. The average molecular weight is 538 g/mol. The van der Waals surface area contributed by atoms with Crippen molar-refractivity contribution in [3.63, 3.8) is 0 Å². The van der Waals surface area contributed by atoms with Gasteiger partial charge in [-0.1, -0.05) is 6.92 Å². The summed E-state index contributed by atoms with van der Waals surface area (Å²) < 4.78 is 69.4. The summed E-state index contributed by atoms with van der Waals surface area (Å²) in [5.74, 6) is -5.51. The summed E-state index contributed by atoms with van der Waals surface area (Å²) in [6, 6.07) is 0. The van der Waals surface area contributed by atoms with Crippen LogP contribution in [-0.2, 0) is 20.9 Å². The molecule has 1 aromatic rings. The number of nitrogens with zero attached hydrogens (tertiary/aromatic N) is 3. The Morgan fingerprint density at radius 1 is 1.09 bits per heavy atom. The first-order chi connectivity index (χ1) is 16.1. The quantitative estimate of drug-likeness (QED) is 0.562. The van der Waals surface area contributed by atoms with E-state index in [1.807, 2.05) is 0 Å². The Balaban J connectivity index is 0.000000362. The van der Waals surface area contributed by atoms with E-state index in [4.69, 9.17) is 24.5 Å². The van der Waals surface area contributed by atoms with E-state index >= 15 is 0 Å². The van der Waals surface area contributed by atoms with Gasteiger partial charge in [0.15, 0.2) is 0 Å². The fourth-order valence-electron chi connectivity index (χ4n) is 3.71. The molecule has 35 heavy (non-hydrogen) atoms. The SMILES string of the molecule is CCCN1CCOCC2(CCN(Cc3csc(C)n3)C2)C1.O=C(O)C(F)(F)F.O=C(O)C(F)(F)F. The lowest BCUT2D eigenvalue weighted by Gasteiger charge is -2.31. The fourth-order valence-corrected chi connectivity index (χ4v) is 4.31. The van der Waals surface area contributed by atoms with Gasteiger partial charge in [-0.25, -0.2) is 14.6 Å². The predicted octanol–water partition coefficient (Wildman–Crippen LogP) is 3.65. The number of ether oxygens (including phenoxy) is 1. The molecule has 8 nitrogen and oxygen atoms in total. The van der Waals surface area contributed by atoms with Crippen LogP contribution in [-0.4, -0.2) is 95.2 Å². The number of likely N-dealkylation sites (tertiary alicyclic amines) is 1. The predicted molar refractivity (Wildman–Crippen MR) is 114 cm³/mol. The molecule has 0 aromatic carbocycles. The van der Waals surface area contributed by atoms with Crippen LogP contribution in [0.1, 0.15) is 30.5 Å². The van der Waals surface area contributed by atoms with E-state index in [-0.39, 0.29) is 0 Å². The Morgan fingerprint density at radius 3 is 2.09 bits per heavy atom. The maximum atomic E-state index is 10.6. The van der Waals surface area contributed by atoms with Gasteiger partial charge in [0.1, 0.15) is 0 Å². The third kappa shape index (κ3) is 11.5. The van der Waals surface area contributed by atoms with Crippen molar-refractivity contribution in [2.45, 2.75) is 45.6 Å². The lowest BCUT2D eigenvalue weighted by molar-refractivity contribution is -0.193. The molecular weight excluding hydrogens is 508 g/mol. The Kier molecular flexibility index (Phi) is 11.9. The Hall–Kier alpha value is -1.97. The smallest absolute Gasteiger partial charge is 0.475 e. The molecule has 1 atom stereocenters. The lowest BCUT2D eigenvalue weighted by Crippen LogP contribution is -2.40. The van der Waals surface area contributed by atoms with Crippen molar-refractivity contribution in [3.05, 3.63) is 16.1 Å². The number of carboxylic acids is 2. The average Bonchev–Trinajstić information content (AvgIpc) is 3.24. The summed E-state index contributed by atoms with van der Waals surface area (Å²) in [5.41, 5.74) is 1.58. The second-order valence-electron chi connectivity index (χ2n) is 8.25. The first-order valence-corrected chi connectivity index (χ1v) is 11.5. The van der Waals surface area contributed by atoms with Crippen molar-refractivity contribution in [2.24, 2.45) is 5.41 Å². The molecule has 0 radical (unpaired) electrons. The second-order valence-corrected chi connectivity index (χ2v) is 9.32. The van der Waals surface area contributed by atoms with Gasteiger partial charge in [0.25, 0.3) is 0 Å². The van der Waals surface area contributed by atoms with Crippen LogP contribution < -0.4 is 0 Å². The molecule has 0 bridgehead atoms. The molecule has 2 aliphatic rings. The topological polar surface area (TPSA) is 103 Å². The molecule has 202 valence electrons. The summed E-state index contributed by atoms with van der Waals surface area (Å²) in [5, 5.41) is 17.6. The maximum absolute atomic E-state index is 10.6. The van der Waals surface area contributed by atoms with Crippen molar-refractivity contribution < 1.29 is 50.9 Å². The second kappa shape index (κ2) is 13.4. The van der Waals surface area contributed by atoms with E-state index in [0.29, 0.717) is 5.41 Å². The van der Waals surface area contributed by atoms with Crippen LogP contribution in [0.25, 0.3) is 0 Å². The molecule has 1 aromatic heterocycles. The summed E-state index contributed by atoms with van der Waals surface area (Å²) in [4.78, 5) is 27.6. The van der Waals surface area contributed by atoms with Crippen LogP contribution in [0.2, 0.25) is 0 Å². The van der Waals surface area contributed by atoms with Crippen LogP contribution in [0.4, 0.5) is 26.3 Å². The standard InChI is InChI=1S/C16H27N3OS.2C2HF3O2/c1-3-5-18-7-8-20-13-16(11-18)4-6-19(12-16)9-15-10-21-14(2)17-15;2*3-2(4,5)1(6)7/h10H,3-9,11-13H2,1-2H3;2*(H,6,7).